The fraction of sp³-hybridized carbons (Fsp3) is 0.231. The largest absolute Gasteiger partial charge is 0.304 e. The van der Waals surface area contributed by atoms with Gasteiger partial charge in [0.05, 0.1) is 0 Å². The van der Waals surface area contributed by atoms with E-state index in [0.29, 0.717) is 16.4 Å². The van der Waals surface area contributed by atoms with Crippen LogP contribution >= 0.6 is 7.14 Å². The number of hydrogen-bond acceptors (Lipinski definition) is 3. The molecule has 0 aliphatic heterocycles. The smallest absolute Gasteiger partial charge is 0.232 e. The molecule has 0 fully saturated rings. The number of hydrogen-bond donors (Lipinski definition) is 1. The second-order valence-corrected chi connectivity index (χ2v) is 10.7. The van der Waals surface area contributed by atoms with Crippen LogP contribution in [0.2, 0.25) is 0 Å². The summed E-state index contributed by atoms with van der Waals surface area (Å²) in [6.07, 6.45) is 0. The van der Waals surface area contributed by atoms with Gasteiger partial charge < -0.3 is 4.57 Å². The Labute approximate surface area is 179 Å². The quantitative estimate of drug-likeness (QED) is 0.386. The molecule has 1 N–H and O–H groups in total. The predicted octanol–water partition coefficient (Wildman–Crippen LogP) is 6.39. The van der Waals surface area contributed by atoms with Gasteiger partial charge in [-0.3, -0.25) is 10.2 Å². The summed E-state index contributed by atoms with van der Waals surface area (Å²) in [6, 6.07) is 16.6. The van der Waals surface area contributed by atoms with E-state index in [-0.39, 0.29) is 5.45 Å². The van der Waals surface area contributed by atoms with Crippen molar-refractivity contribution in [3.63, 3.8) is 0 Å². The van der Waals surface area contributed by atoms with Crippen LogP contribution in [0.1, 0.15) is 49.3 Å². The van der Waals surface area contributed by atoms with Gasteiger partial charge in [0.15, 0.2) is 0 Å². The van der Waals surface area contributed by atoms with Gasteiger partial charge in [-0.05, 0) is 63.8 Å². The molecule has 0 aromatic heterocycles. The van der Waals surface area contributed by atoms with Gasteiger partial charge in [-0.15, -0.1) is 0 Å². The zero-order valence-electron chi connectivity index (χ0n) is 18.5. The van der Waals surface area contributed by atoms with E-state index in [2.05, 4.69) is 0 Å². The Kier molecular flexibility index (Phi) is 5.97. The zero-order chi connectivity index (χ0) is 22.2. The molecule has 1 atom stereocenters. The third-order valence-corrected chi connectivity index (χ3v) is 8.20. The van der Waals surface area contributed by atoms with Crippen LogP contribution in [-0.2, 0) is 4.57 Å². The molecule has 3 aromatic carbocycles. The summed E-state index contributed by atoms with van der Waals surface area (Å²) in [4.78, 5) is 13.9. The molecule has 0 spiro atoms. The van der Waals surface area contributed by atoms with Gasteiger partial charge in [0, 0.05) is 16.4 Å². The molecule has 3 aromatic rings. The molecular weight excluding hydrogens is 389 g/mol. The van der Waals surface area contributed by atoms with E-state index < -0.39 is 12.7 Å². The van der Waals surface area contributed by atoms with E-state index in [1.54, 1.807) is 24.3 Å². The van der Waals surface area contributed by atoms with E-state index in [1.807, 2.05) is 71.9 Å². The van der Waals surface area contributed by atoms with Crippen LogP contribution in [0, 0.1) is 47.0 Å². The Balaban J connectivity index is 2.31. The lowest BCUT2D eigenvalue weighted by atomic mass is 10.0. The van der Waals surface area contributed by atoms with Crippen molar-refractivity contribution in [1.82, 2.24) is 0 Å². The first-order valence-electron chi connectivity index (χ1n) is 10.0. The highest BCUT2D eigenvalue weighted by Crippen LogP contribution is 2.52. The van der Waals surface area contributed by atoms with E-state index in [9.17, 15) is 9.36 Å². The van der Waals surface area contributed by atoms with Crippen LogP contribution in [0.4, 0.5) is 0 Å². The number of benzene rings is 3. The SMILES string of the molecule is Cc1cc(C)c(C(=N)P(=O)(C(=O)c2c(C)cc(C)cc2C)c2ccccc2)c(C)c1. The number of aryl methyl sites for hydroxylation is 6. The number of rotatable bonds is 5. The summed E-state index contributed by atoms with van der Waals surface area (Å²) >= 11 is 0. The highest BCUT2D eigenvalue weighted by Gasteiger charge is 2.41. The lowest BCUT2D eigenvalue weighted by Crippen LogP contribution is -2.23. The van der Waals surface area contributed by atoms with Gasteiger partial charge in [0.1, 0.15) is 5.45 Å². The molecule has 30 heavy (non-hydrogen) atoms. The molecule has 0 saturated carbocycles. The standard InChI is InChI=1S/C26H28NO2P/c1-16-12-18(3)23(19(4)13-16)25(27)30(29,22-10-8-7-9-11-22)26(28)24-20(5)14-17(2)15-21(24)6/h7-15,27H,1-6H3. The Morgan fingerprint density at radius 2 is 1.10 bits per heavy atom. The number of nitrogens with one attached hydrogen (secondary N) is 1. The van der Waals surface area contributed by atoms with Crippen LogP contribution in [0.5, 0.6) is 0 Å². The molecule has 0 aliphatic rings. The first-order valence-corrected chi connectivity index (χ1v) is 11.7. The molecule has 3 rings (SSSR count). The van der Waals surface area contributed by atoms with E-state index in [1.165, 1.54) is 0 Å². The van der Waals surface area contributed by atoms with Gasteiger partial charge in [-0.2, -0.15) is 0 Å². The fourth-order valence-corrected chi connectivity index (χ4v) is 6.99. The summed E-state index contributed by atoms with van der Waals surface area (Å²) < 4.78 is 14.6. The molecule has 0 aliphatic carbocycles. The first-order chi connectivity index (χ1) is 14.1. The summed E-state index contributed by atoms with van der Waals surface area (Å²) in [5, 5.41) is 9.45. The third-order valence-electron chi connectivity index (χ3n) is 5.53. The molecule has 3 nitrogen and oxygen atoms in total. The highest BCUT2D eigenvalue weighted by atomic mass is 31.2. The van der Waals surface area contributed by atoms with E-state index >= 15 is 0 Å². The molecule has 0 saturated heterocycles. The number of carbonyl (C=O) groups is 1. The van der Waals surface area contributed by atoms with Gasteiger partial charge in [0.25, 0.3) is 0 Å². The predicted molar refractivity (Wildman–Crippen MR) is 126 cm³/mol. The average Bonchev–Trinajstić information content (AvgIpc) is 2.66. The Hall–Kier alpha value is -2.77. The molecule has 0 bridgehead atoms. The molecular formula is C26H28NO2P. The van der Waals surface area contributed by atoms with Crippen molar-refractivity contribution in [2.75, 3.05) is 0 Å². The third kappa shape index (κ3) is 3.70. The first kappa shape index (κ1) is 21.9. The summed E-state index contributed by atoms with van der Waals surface area (Å²) in [5.74, 6) is 0. The zero-order valence-corrected chi connectivity index (χ0v) is 19.4. The molecule has 0 heterocycles. The van der Waals surface area contributed by atoms with Crippen LogP contribution in [0.25, 0.3) is 0 Å². The molecule has 154 valence electrons. The normalized spacial score (nSPS) is 13.0. The van der Waals surface area contributed by atoms with Crippen LogP contribution < -0.4 is 5.30 Å². The summed E-state index contributed by atoms with van der Waals surface area (Å²) in [7, 11) is -3.89. The van der Waals surface area contributed by atoms with Crippen molar-refractivity contribution in [3.05, 3.63) is 99.1 Å². The Morgan fingerprint density at radius 1 is 0.700 bits per heavy atom. The van der Waals surface area contributed by atoms with E-state index in [0.717, 1.165) is 33.4 Å². The van der Waals surface area contributed by atoms with Crippen LogP contribution in [-0.4, -0.2) is 11.0 Å². The fourth-order valence-electron chi connectivity index (χ4n) is 4.37. The number of carbonyl (C=O) groups excluding carboxylic acids is 1. The van der Waals surface area contributed by atoms with Crippen LogP contribution in [0.15, 0.2) is 54.6 Å². The van der Waals surface area contributed by atoms with Crippen molar-refractivity contribution in [1.29, 1.82) is 5.41 Å². The second-order valence-electron chi connectivity index (χ2n) is 8.15. The topological polar surface area (TPSA) is 58.0 Å². The van der Waals surface area contributed by atoms with Crippen molar-refractivity contribution in [2.45, 2.75) is 41.5 Å². The average molecular weight is 417 g/mol. The Bertz CT molecular complexity index is 1090. The summed E-state index contributed by atoms with van der Waals surface area (Å²) in [6.45, 7) is 11.5. The van der Waals surface area contributed by atoms with Gasteiger partial charge in [0.2, 0.25) is 12.7 Å². The monoisotopic (exact) mass is 417 g/mol. The van der Waals surface area contributed by atoms with Crippen LogP contribution in [0.3, 0.4) is 0 Å². The lowest BCUT2D eigenvalue weighted by Gasteiger charge is -2.23. The molecule has 0 amide bonds. The van der Waals surface area contributed by atoms with Crippen molar-refractivity contribution >= 4 is 23.4 Å². The second kappa shape index (κ2) is 8.16. The minimum atomic E-state index is -3.89. The minimum absolute atomic E-state index is 0.0897. The lowest BCUT2D eigenvalue weighted by molar-refractivity contribution is 0.107. The van der Waals surface area contributed by atoms with Gasteiger partial charge >= 0.3 is 0 Å². The maximum Gasteiger partial charge on any atom is 0.232 e. The highest BCUT2D eigenvalue weighted by molar-refractivity contribution is 8.01. The van der Waals surface area contributed by atoms with Gasteiger partial charge in [-0.25, -0.2) is 0 Å². The van der Waals surface area contributed by atoms with Crippen molar-refractivity contribution in [3.8, 4) is 0 Å². The maximum atomic E-state index is 14.6. The maximum absolute atomic E-state index is 14.6. The van der Waals surface area contributed by atoms with Crippen molar-refractivity contribution < 1.29 is 9.36 Å². The summed E-state index contributed by atoms with van der Waals surface area (Å²) in [5.41, 5.74) is 5.93. The molecule has 4 heteroatoms. The molecule has 1 unspecified atom stereocenters. The Morgan fingerprint density at radius 3 is 1.53 bits per heavy atom. The van der Waals surface area contributed by atoms with E-state index in [4.69, 9.17) is 5.41 Å². The van der Waals surface area contributed by atoms with Gasteiger partial charge in [-0.1, -0.05) is 65.7 Å². The van der Waals surface area contributed by atoms with Crippen molar-refractivity contribution in [2.24, 2.45) is 0 Å². The molecule has 0 radical (unpaired) electrons. The minimum Gasteiger partial charge on any atom is -0.304 e.